The van der Waals surface area contributed by atoms with Gasteiger partial charge in [-0.25, -0.2) is 0 Å². The molecular weight excluding hydrogens is 425 g/mol. The molecule has 30 heavy (non-hydrogen) atoms. The number of aliphatic hydroxyl groups excluding tert-OH is 1. The van der Waals surface area contributed by atoms with Crippen LogP contribution in [-0.2, 0) is 9.59 Å². The number of carbonyl (C=O) groups excluding carboxylic acids is 2. The van der Waals surface area contributed by atoms with Gasteiger partial charge in [-0.05, 0) is 42.9 Å². The number of aromatic nitrogens is 1. The largest absolute Gasteiger partial charge is 0.507 e. The van der Waals surface area contributed by atoms with Gasteiger partial charge in [-0.1, -0.05) is 43.1 Å². The summed E-state index contributed by atoms with van der Waals surface area (Å²) in [7, 11) is 0. The van der Waals surface area contributed by atoms with E-state index >= 15 is 0 Å². The molecule has 1 atom stereocenters. The Morgan fingerprint density at radius 1 is 1.10 bits per heavy atom. The van der Waals surface area contributed by atoms with E-state index in [1.807, 2.05) is 13.8 Å². The number of benzene rings is 1. The van der Waals surface area contributed by atoms with Gasteiger partial charge in [-0.3, -0.25) is 14.6 Å². The molecule has 1 N–H and O–H groups in total. The highest BCUT2D eigenvalue weighted by atomic mass is 35.5. The summed E-state index contributed by atoms with van der Waals surface area (Å²) in [6, 6.07) is 7.38. The molecule has 1 saturated heterocycles. The number of hydrogen-bond acceptors (Lipinski definition) is 5. The Labute approximate surface area is 185 Å². The van der Waals surface area contributed by atoms with Crippen LogP contribution in [0, 0.1) is 0 Å². The second kappa shape index (κ2) is 9.60. The van der Waals surface area contributed by atoms with Gasteiger partial charge in [0.25, 0.3) is 11.7 Å². The van der Waals surface area contributed by atoms with E-state index in [0.29, 0.717) is 34.3 Å². The molecule has 158 valence electrons. The van der Waals surface area contributed by atoms with Crippen LogP contribution in [0.3, 0.4) is 0 Å². The summed E-state index contributed by atoms with van der Waals surface area (Å²) in [5.41, 5.74) is 1.06. The Balaban J connectivity index is 2.11. The molecule has 3 rings (SSSR count). The first-order chi connectivity index (χ1) is 14.4. The summed E-state index contributed by atoms with van der Waals surface area (Å²) < 4.78 is 0. The van der Waals surface area contributed by atoms with Crippen LogP contribution in [-0.4, -0.2) is 57.8 Å². The fourth-order valence-corrected chi connectivity index (χ4v) is 3.90. The van der Waals surface area contributed by atoms with Crippen molar-refractivity contribution in [2.24, 2.45) is 0 Å². The predicted octanol–water partition coefficient (Wildman–Crippen LogP) is 4.15. The number of likely N-dealkylation sites (tertiary alicyclic amines) is 1. The Kier molecular flexibility index (Phi) is 7.13. The van der Waals surface area contributed by atoms with Crippen LogP contribution in [0.5, 0.6) is 0 Å². The fraction of sp³-hybridized carbons (Fsp3) is 0.318. The van der Waals surface area contributed by atoms with E-state index in [1.54, 1.807) is 30.3 Å². The lowest BCUT2D eigenvalue weighted by atomic mass is 9.95. The van der Waals surface area contributed by atoms with Crippen molar-refractivity contribution < 1.29 is 14.7 Å². The monoisotopic (exact) mass is 447 g/mol. The molecule has 0 aliphatic carbocycles. The summed E-state index contributed by atoms with van der Waals surface area (Å²) in [6.45, 7) is 6.68. The average molecular weight is 448 g/mol. The number of amides is 1. The molecule has 1 amide bonds. The number of nitrogens with zero attached hydrogens (tertiary/aromatic N) is 3. The van der Waals surface area contributed by atoms with Crippen molar-refractivity contribution in [1.29, 1.82) is 0 Å². The van der Waals surface area contributed by atoms with Crippen molar-refractivity contribution in [1.82, 2.24) is 14.8 Å². The fourth-order valence-electron chi connectivity index (χ4n) is 3.59. The molecule has 0 spiro atoms. The van der Waals surface area contributed by atoms with Crippen molar-refractivity contribution >= 4 is 40.7 Å². The lowest BCUT2D eigenvalue weighted by molar-refractivity contribution is -0.140. The minimum atomic E-state index is -0.761. The SMILES string of the molecule is CCN(CC)CCN1C(=O)C(=O)C(=C(O)c2ccncc2)C1c1ccc(Cl)c(Cl)c1. The third-order valence-corrected chi connectivity index (χ3v) is 6.04. The van der Waals surface area contributed by atoms with Gasteiger partial charge in [0.1, 0.15) is 5.76 Å². The molecule has 1 aliphatic rings. The highest BCUT2D eigenvalue weighted by Crippen LogP contribution is 2.40. The molecule has 0 bridgehead atoms. The number of likely N-dealkylation sites (N-methyl/N-ethyl adjacent to an activating group) is 1. The highest BCUT2D eigenvalue weighted by Gasteiger charge is 2.46. The molecule has 1 aromatic carbocycles. The molecule has 0 saturated carbocycles. The number of hydrogen-bond donors (Lipinski definition) is 1. The van der Waals surface area contributed by atoms with Gasteiger partial charge in [0.05, 0.1) is 21.7 Å². The van der Waals surface area contributed by atoms with Crippen LogP contribution in [0.15, 0.2) is 48.3 Å². The van der Waals surface area contributed by atoms with E-state index in [2.05, 4.69) is 9.88 Å². The van der Waals surface area contributed by atoms with E-state index in [-0.39, 0.29) is 11.3 Å². The normalized spacial score (nSPS) is 18.4. The third kappa shape index (κ3) is 4.36. The lowest BCUT2D eigenvalue weighted by Gasteiger charge is -2.28. The van der Waals surface area contributed by atoms with Crippen molar-refractivity contribution in [2.45, 2.75) is 19.9 Å². The summed E-state index contributed by atoms with van der Waals surface area (Å²) in [5.74, 6) is -1.61. The van der Waals surface area contributed by atoms with Crippen molar-refractivity contribution in [3.8, 4) is 0 Å². The van der Waals surface area contributed by atoms with Gasteiger partial charge in [-0.15, -0.1) is 0 Å². The minimum absolute atomic E-state index is 0.0316. The van der Waals surface area contributed by atoms with Crippen LogP contribution < -0.4 is 0 Å². The summed E-state index contributed by atoms with van der Waals surface area (Å²) in [6.07, 6.45) is 3.03. The van der Waals surface area contributed by atoms with Gasteiger partial charge in [-0.2, -0.15) is 0 Å². The van der Waals surface area contributed by atoms with Gasteiger partial charge in [0, 0.05) is 31.0 Å². The van der Waals surface area contributed by atoms with E-state index in [1.165, 1.54) is 17.3 Å². The first-order valence-electron chi connectivity index (χ1n) is 9.75. The molecule has 1 aromatic heterocycles. The zero-order chi connectivity index (χ0) is 21.8. The molecule has 8 heteroatoms. The zero-order valence-corrected chi connectivity index (χ0v) is 18.3. The maximum Gasteiger partial charge on any atom is 0.295 e. The number of aliphatic hydroxyl groups is 1. The number of carbonyl (C=O) groups is 2. The Morgan fingerprint density at radius 2 is 1.77 bits per heavy atom. The molecule has 0 radical (unpaired) electrons. The maximum absolute atomic E-state index is 13.0. The van der Waals surface area contributed by atoms with Crippen molar-refractivity contribution in [2.75, 3.05) is 26.2 Å². The van der Waals surface area contributed by atoms with Crippen LogP contribution in [0.4, 0.5) is 0 Å². The Bertz CT molecular complexity index is 975. The van der Waals surface area contributed by atoms with Gasteiger partial charge in [0.2, 0.25) is 0 Å². The molecule has 1 aliphatic heterocycles. The first kappa shape index (κ1) is 22.3. The molecule has 2 heterocycles. The predicted molar refractivity (Wildman–Crippen MR) is 117 cm³/mol. The van der Waals surface area contributed by atoms with Gasteiger partial charge < -0.3 is 14.9 Å². The highest BCUT2D eigenvalue weighted by molar-refractivity contribution is 6.46. The maximum atomic E-state index is 13.0. The molecule has 2 aromatic rings. The van der Waals surface area contributed by atoms with Crippen LogP contribution in [0.1, 0.15) is 31.0 Å². The average Bonchev–Trinajstić information content (AvgIpc) is 3.01. The standard InChI is InChI=1S/C22H23Cl2N3O3/c1-3-26(4-2)11-12-27-19(15-5-6-16(23)17(24)13-15)18(21(29)22(27)30)20(28)14-7-9-25-10-8-14/h5-10,13,19,28H,3-4,11-12H2,1-2H3. The minimum Gasteiger partial charge on any atom is -0.507 e. The van der Waals surface area contributed by atoms with E-state index in [0.717, 1.165) is 13.1 Å². The lowest BCUT2D eigenvalue weighted by Crippen LogP contribution is -2.38. The number of Topliss-reactive ketones (excluding diaryl/α,β-unsaturated/α-hetero) is 1. The van der Waals surface area contributed by atoms with E-state index in [9.17, 15) is 14.7 Å². The smallest absolute Gasteiger partial charge is 0.295 e. The second-order valence-electron chi connectivity index (χ2n) is 6.93. The molecule has 6 nitrogen and oxygen atoms in total. The summed E-state index contributed by atoms with van der Waals surface area (Å²) in [5, 5.41) is 11.6. The zero-order valence-electron chi connectivity index (χ0n) is 16.8. The second-order valence-corrected chi connectivity index (χ2v) is 7.74. The summed E-state index contributed by atoms with van der Waals surface area (Å²) in [4.78, 5) is 33.5. The van der Waals surface area contributed by atoms with Crippen molar-refractivity contribution in [3.05, 3.63) is 69.5 Å². The Morgan fingerprint density at radius 3 is 2.37 bits per heavy atom. The number of halogens is 2. The molecule has 1 unspecified atom stereocenters. The quantitative estimate of drug-likeness (QED) is 0.391. The van der Waals surface area contributed by atoms with Gasteiger partial charge in [0.15, 0.2) is 0 Å². The number of pyridine rings is 1. The van der Waals surface area contributed by atoms with E-state index in [4.69, 9.17) is 23.2 Å². The number of rotatable bonds is 7. The molecule has 1 fully saturated rings. The summed E-state index contributed by atoms with van der Waals surface area (Å²) >= 11 is 12.3. The van der Waals surface area contributed by atoms with Crippen LogP contribution >= 0.6 is 23.2 Å². The topological polar surface area (TPSA) is 73.7 Å². The first-order valence-corrected chi connectivity index (χ1v) is 10.5. The third-order valence-electron chi connectivity index (χ3n) is 5.30. The Hall–Kier alpha value is -2.41. The van der Waals surface area contributed by atoms with Crippen LogP contribution in [0.25, 0.3) is 5.76 Å². The molecular formula is C22H23Cl2N3O3. The van der Waals surface area contributed by atoms with E-state index < -0.39 is 17.7 Å². The van der Waals surface area contributed by atoms with Crippen LogP contribution in [0.2, 0.25) is 10.0 Å². The van der Waals surface area contributed by atoms with Gasteiger partial charge >= 0.3 is 0 Å². The number of ketones is 1. The van der Waals surface area contributed by atoms with Crippen molar-refractivity contribution in [3.63, 3.8) is 0 Å².